The van der Waals surface area contributed by atoms with Crippen molar-refractivity contribution in [2.75, 3.05) is 11.9 Å². The van der Waals surface area contributed by atoms with Crippen LogP contribution in [0.4, 0.5) is 5.95 Å². The standard InChI is InChI=1S/C16H19ClN4O/c1-3-8-18-16-20-11(2)9-14(21-16)15(22)19-10-12-6-4-5-7-13(12)17/h4-7,9H,3,8,10H2,1-2H3,(H,19,22)(H,18,20,21). The maximum atomic E-state index is 12.2. The van der Waals surface area contributed by atoms with Crippen LogP contribution in [0.5, 0.6) is 0 Å². The molecule has 0 fully saturated rings. The number of hydrogen-bond acceptors (Lipinski definition) is 4. The molecule has 0 radical (unpaired) electrons. The first-order valence-corrected chi connectivity index (χ1v) is 7.59. The summed E-state index contributed by atoms with van der Waals surface area (Å²) in [6, 6.07) is 9.08. The van der Waals surface area contributed by atoms with Crippen molar-refractivity contribution >= 4 is 23.5 Å². The molecule has 0 saturated carbocycles. The van der Waals surface area contributed by atoms with E-state index in [-0.39, 0.29) is 5.91 Å². The highest BCUT2D eigenvalue weighted by Gasteiger charge is 2.11. The van der Waals surface area contributed by atoms with Gasteiger partial charge in [-0.2, -0.15) is 0 Å². The molecule has 2 N–H and O–H groups in total. The highest BCUT2D eigenvalue weighted by Crippen LogP contribution is 2.14. The summed E-state index contributed by atoms with van der Waals surface area (Å²) in [5, 5.41) is 6.55. The molecule has 0 aliphatic heterocycles. The van der Waals surface area contributed by atoms with Crippen LogP contribution in [0.2, 0.25) is 5.02 Å². The number of nitrogens with one attached hydrogen (secondary N) is 2. The first-order valence-electron chi connectivity index (χ1n) is 7.21. The SMILES string of the molecule is CCCNc1nc(C)cc(C(=O)NCc2ccccc2Cl)n1. The van der Waals surface area contributed by atoms with Gasteiger partial charge in [0.25, 0.3) is 5.91 Å². The van der Waals surface area contributed by atoms with Gasteiger partial charge in [0.05, 0.1) is 0 Å². The fourth-order valence-electron chi connectivity index (χ4n) is 1.91. The summed E-state index contributed by atoms with van der Waals surface area (Å²) in [5.74, 6) is 0.231. The number of amides is 1. The number of aryl methyl sites for hydroxylation is 1. The zero-order chi connectivity index (χ0) is 15.9. The Morgan fingerprint density at radius 1 is 1.27 bits per heavy atom. The van der Waals surface area contributed by atoms with Gasteiger partial charge in [-0.05, 0) is 31.0 Å². The van der Waals surface area contributed by atoms with E-state index in [2.05, 4.69) is 27.5 Å². The smallest absolute Gasteiger partial charge is 0.270 e. The Kier molecular flexibility index (Phi) is 5.72. The van der Waals surface area contributed by atoms with E-state index < -0.39 is 0 Å². The van der Waals surface area contributed by atoms with E-state index in [1.165, 1.54) is 0 Å². The summed E-state index contributed by atoms with van der Waals surface area (Å²) in [4.78, 5) is 20.7. The molecule has 22 heavy (non-hydrogen) atoms. The van der Waals surface area contributed by atoms with Crippen LogP contribution >= 0.6 is 11.6 Å². The van der Waals surface area contributed by atoms with Crippen LogP contribution in [0.3, 0.4) is 0 Å². The molecule has 0 unspecified atom stereocenters. The van der Waals surface area contributed by atoms with Gasteiger partial charge in [-0.25, -0.2) is 9.97 Å². The lowest BCUT2D eigenvalue weighted by molar-refractivity contribution is 0.0946. The second-order valence-electron chi connectivity index (χ2n) is 4.92. The van der Waals surface area contributed by atoms with Gasteiger partial charge in [-0.15, -0.1) is 0 Å². The predicted molar refractivity (Wildman–Crippen MR) is 88.2 cm³/mol. The van der Waals surface area contributed by atoms with Crippen molar-refractivity contribution in [2.24, 2.45) is 0 Å². The first-order chi connectivity index (χ1) is 10.6. The number of nitrogens with zero attached hydrogens (tertiary/aromatic N) is 2. The molecule has 1 amide bonds. The molecule has 1 aromatic heterocycles. The van der Waals surface area contributed by atoms with Crippen LogP contribution in [0.25, 0.3) is 0 Å². The number of carbonyl (C=O) groups is 1. The third kappa shape index (κ3) is 4.43. The summed E-state index contributed by atoms with van der Waals surface area (Å²) in [7, 11) is 0. The van der Waals surface area contributed by atoms with Crippen molar-refractivity contribution < 1.29 is 4.79 Å². The lowest BCUT2D eigenvalue weighted by atomic mass is 10.2. The fraction of sp³-hybridized carbons (Fsp3) is 0.312. The molecule has 0 atom stereocenters. The van der Waals surface area contributed by atoms with E-state index >= 15 is 0 Å². The van der Waals surface area contributed by atoms with Crippen LogP contribution in [0.1, 0.15) is 35.1 Å². The van der Waals surface area contributed by atoms with Crippen molar-refractivity contribution in [2.45, 2.75) is 26.8 Å². The fourth-order valence-corrected chi connectivity index (χ4v) is 2.11. The third-order valence-corrected chi connectivity index (χ3v) is 3.39. The molecule has 2 rings (SSSR count). The molecule has 0 aliphatic carbocycles. The number of halogens is 1. The minimum atomic E-state index is -0.245. The van der Waals surface area contributed by atoms with Gasteiger partial charge >= 0.3 is 0 Å². The number of anilines is 1. The average Bonchev–Trinajstić information content (AvgIpc) is 2.51. The van der Waals surface area contributed by atoms with Gasteiger partial charge in [-0.1, -0.05) is 36.7 Å². The minimum absolute atomic E-state index is 0.245. The van der Waals surface area contributed by atoms with E-state index in [1.807, 2.05) is 25.1 Å². The molecule has 1 aromatic carbocycles. The number of rotatable bonds is 6. The lowest BCUT2D eigenvalue weighted by Gasteiger charge is -2.09. The number of benzene rings is 1. The average molecular weight is 319 g/mol. The minimum Gasteiger partial charge on any atom is -0.354 e. The van der Waals surface area contributed by atoms with Gasteiger partial charge in [-0.3, -0.25) is 4.79 Å². The second-order valence-corrected chi connectivity index (χ2v) is 5.33. The molecular weight excluding hydrogens is 300 g/mol. The summed E-state index contributed by atoms with van der Waals surface area (Å²) in [6.45, 7) is 5.02. The lowest BCUT2D eigenvalue weighted by Crippen LogP contribution is -2.24. The first kappa shape index (κ1) is 16.2. The largest absolute Gasteiger partial charge is 0.354 e. The Labute approximate surface area is 135 Å². The van der Waals surface area contributed by atoms with Crippen molar-refractivity contribution in [3.8, 4) is 0 Å². The Morgan fingerprint density at radius 3 is 2.77 bits per heavy atom. The highest BCUT2D eigenvalue weighted by atomic mass is 35.5. The number of carbonyl (C=O) groups excluding carboxylic acids is 1. The predicted octanol–water partition coefficient (Wildman–Crippen LogP) is 3.19. The molecule has 0 aliphatic rings. The van der Waals surface area contributed by atoms with Gasteiger partial charge in [0.15, 0.2) is 0 Å². The van der Waals surface area contributed by atoms with E-state index in [0.29, 0.717) is 23.2 Å². The summed E-state index contributed by atoms with van der Waals surface area (Å²) in [6.07, 6.45) is 0.964. The second kappa shape index (κ2) is 7.75. The monoisotopic (exact) mass is 318 g/mol. The van der Waals surface area contributed by atoms with Gasteiger partial charge in [0.2, 0.25) is 5.95 Å². The van der Waals surface area contributed by atoms with Gasteiger partial charge in [0, 0.05) is 23.8 Å². The van der Waals surface area contributed by atoms with E-state index in [9.17, 15) is 4.79 Å². The molecule has 0 saturated heterocycles. The Bertz CT molecular complexity index is 660. The van der Waals surface area contributed by atoms with Gasteiger partial charge in [0.1, 0.15) is 5.69 Å². The molecule has 2 aromatic rings. The zero-order valence-corrected chi connectivity index (χ0v) is 13.4. The molecule has 116 valence electrons. The van der Waals surface area contributed by atoms with Crippen molar-refractivity contribution in [3.05, 3.63) is 52.3 Å². The van der Waals surface area contributed by atoms with Gasteiger partial charge < -0.3 is 10.6 Å². The van der Waals surface area contributed by atoms with Crippen molar-refractivity contribution in [1.29, 1.82) is 0 Å². The normalized spacial score (nSPS) is 10.3. The number of aromatic nitrogens is 2. The molecule has 1 heterocycles. The van der Waals surface area contributed by atoms with Crippen molar-refractivity contribution in [3.63, 3.8) is 0 Å². The van der Waals surface area contributed by atoms with E-state index in [4.69, 9.17) is 11.6 Å². The maximum absolute atomic E-state index is 12.2. The van der Waals surface area contributed by atoms with E-state index in [0.717, 1.165) is 24.2 Å². The Balaban J connectivity index is 2.06. The summed E-state index contributed by atoms with van der Waals surface area (Å²) < 4.78 is 0. The quantitative estimate of drug-likeness (QED) is 0.858. The van der Waals surface area contributed by atoms with Crippen LogP contribution in [-0.4, -0.2) is 22.4 Å². The van der Waals surface area contributed by atoms with Crippen LogP contribution < -0.4 is 10.6 Å². The molecule has 0 bridgehead atoms. The zero-order valence-electron chi connectivity index (χ0n) is 12.7. The highest BCUT2D eigenvalue weighted by molar-refractivity contribution is 6.31. The van der Waals surface area contributed by atoms with Crippen LogP contribution in [-0.2, 0) is 6.54 Å². The van der Waals surface area contributed by atoms with Crippen LogP contribution in [0, 0.1) is 6.92 Å². The molecule has 6 heteroatoms. The topological polar surface area (TPSA) is 66.9 Å². The Morgan fingerprint density at radius 2 is 2.05 bits per heavy atom. The van der Waals surface area contributed by atoms with E-state index in [1.54, 1.807) is 12.1 Å². The summed E-state index contributed by atoms with van der Waals surface area (Å²) >= 11 is 6.07. The van der Waals surface area contributed by atoms with Crippen molar-refractivity contribution in [1.82, 2.24) is 15.3 Å². The molecule has 5 nitrogen and oxygen atoms in total. The third-order valence-electron chi connectivity index (χ3n) is 3.02. The summed E-state index contributed by atoms with van der Waals surface area (Å²) in [5.41, 5.74) is 1.96. The van der Waals surface area contributed by atoms with Crippen LogP contribution in [0.15, 0.2) is 30.3 Å². The molecule has 0 spiro atoms. The number of hydrogen-bond donors (Lipinski definition) is 2. The Hall–Kier alpha value is -2.14. The molecular formula is C16H19ClN4O. The maximum Gasteiger partial charge on any atom is 0.270 e.